The predicted molar refractivity (Wildman–Crippen MR) is 120 cm³/mol. The van der Waals surface area contributed by atoms with Gasteiger partial charge in [-0.25, -0.2) is 17.3 Å². The zero-order chi connectivity index (χ0) is 23.2. The van der Waals surface area contributed by atoms with E-state index in [0.717, 1.165) is 11.1 Å². The number of sulfonamides is 1. The highest BCUT2D eigenvalue weighted by molar-refractivity contribution is 7.90. The monoisotopic (exact) mass is 481 g/mol. The number of hydrogen-bond donors (Lipinski definition) is 0. The van der Waals surface area contributed by atoms with Crippen molar-refractivity contribution in [2.45, 2.75) is 33.5 Å². The maximum Gasteiger partial charge on any atom is 0.477 e. The molecule has 8 nitrogen and oxygen atoms in total. The van der Waals surface area contributed by atoms with Crippen LogP contribution in [0.1, 0.15) is 31.4 Å². The second-order valence-corrected chi connectivity index (χ2v) is 11.6. The summed E-state index contributed by atoms with van der Waals surface area (Å²) in [7, 11) is -8.05. The molecule has 1 unspecified atom stereocenters. The van der Waals surface area contributed by atoms with E-state index in [-0.39, 0.29) is 24.9 Å². The fourth-order valence-electron chi connectivity index (χ4n) is 3.33. The van der Waals surface area contributed by atoms with Crippen LogP contribution in [0.3, 0.4) is 0 Å². The summed E-state index contributed by atoms with van der Waals surface area (Å²) in [5.74, 6) is -1.32. The van der Waals surface area contributed by atoms with Crippen LogP contribution in [0.5, 0.6) is 0 Å². The van der Waals surface area contributed by atoms with E-state index in [0.29, 0.717) is 10.7 Å². The van der Waals surface area contributed by atoms with Crippen molar-refractivity contribution in [2.24, 2.45) is 11.8 Å². The second kappa shape index (κ2) is 10.7. The number of carbonyl (C=O) groups is 1. The summed E-state index contributed by atoms with van der Waals surface area (Å²) in [5, 5.41) is 0. The smallest absolute Gasteiger partial charge is 0.282 e. The third-order valence-corrected chi connectivity index (χ3v) is 8.00. The van der Waals surface area contributed by atoms with E-state index >= 15 is 0 Å². The summed E-state index contributed by atoms with van der Waals surface area (Å²) in [5.41, 5.74) is 1.48. The van der Waals surface area contributed by atoms with Crippen LogP contribution in [-0.2, 0) is 46.2 Å². The first kappa shape index (κ1) is 24.6. The lowest BCUT2D eigenvalue weighted by molar-refractivity contribution is -0.131. The van der Waals surface area contributed by atoms with E-state index in [9.17, 15) is 17.8 Å². The topological polar surface area (TPSA) is 99.2 Å². The number of carbonyl (C=O) groups excluding carboxylic acids is 1. The van der Waals surface area contributed by atoms with E-state index < -0.39 is 36.4 Å². The van der Waals surface area contributed by atoms with Crippen LogP contribution in [0, 0.1) is 11.8 Å². The van der Waals surface area contributed by atoms with Crippen LogP contribution in [-0.4, -0.2) is 31.1 Å². The Balaban J connectivity index is 1.71. The van der Waals surface area contributed by atoms with Gasteiger partial charge in [0.2, 0.25) is 15.9 Å². The Hall–Kier alpha value is -2.03. The Bertz CT molecular complexity index is 997. The average Bonchev–Trinajstić information content (AvgIpc) is 2.98. The molecule has 0 radical (unpaired) electrons. The number of nitrogens with zero attached hydrogens (tertiary/aromatic N) is 1. The number of rotatable bonds is 11. The number of amides is 1. The van der Waals surface area contributed by atoms with Gasteiger partial charge in [0.25, 0.3) is 0 Å². The van der Waals surface area contributed by atoms with Gasteiger partial charge in [0.1, 0.15) is 6.73 Å². The van der Waals surface area contributed by atoms with Crippen molar-refractivity contribution in [3.05, 3.63) is 71.8 Å². The molecule has 0 saturated carbocycles. The van der Waals surface area contributed by atoms with Crippen molar-refractivity contribution in [3.8, 4) is 0 Å². The van der Waals surface area contributed by atoms with Crippen molar-refractivity contribution in [2.75, 3.05) is 12.5 Å². The maximum atomic E-state index is 13.3. The molecule has 2 aromatic carbocycles. The van der Waals surface area contributed by atoms with E-state index in [1.807, 2.05) is 26.0 Å². The molecular formula is C22H28NO7PS. The summed E-state index contributed by atoms with van der Waals surface area (Å²) in [6.07, 6.45) is 0.446. The molecule has 10 heteroatoms. The largest absolute Gasteiger partial charge is 0.477 e. The van der Waals surface area contributed by atoms with E-state index in [2.05, 4.69) is 0 Å². The van der Waals surface area contributed by atoms with Crippen LogP contribution in [0.25, 0.3) is 0 Å². The number of hydrogen-bond acceptors (Lipinski definition) is 7. The maximum absolute atomic E-state index is 13.3. The zero-order valence-corrected chi connectivity index (χ0v) is 19.8. The van der Waals surface area contributed by atoms with Gasteiger partial charge in [-0.2, -0.15) is 0 Å². The lowest BCUT2D eigenvalue weighted by Crippen LogP contribution is -2.33. The average molecular weight is 482 g/mol. The number of phosphoric acid groups is 1. The van der Waals surface area contributed by atoms with E-state index in [1.165, 1.54) is 0 Å². The zero-order valence-electron chi connectivity index (χ0n) is 18.1. The third-order valence-electron chi connectivity index (χ3n) is 4.90. The molecule has 0 spiro atoms. The van der Waals surface area contributed by atoms with Crippen LogP contribution in [0.15, 0.2) is 60.7 Å². The highest BCUT2D eigenvalue weighted by Gasteiger charge is 2.44. The Kier molecular flexibility index (Phi) is 8.25. The fraction of sp³-hybridized carbons (Fsp3) is 0.409. The van der Waals surface area contributed by atoms with Crippen molar-refractivity contribution in [3.63, 3.8) is 0 Å². The van der Waals surface area contributed by atoms with Gasteiger partial charge < -0.3 is 0 Å². The molecular weight excluding hydrogens is 453 g/mol. The molecule has 0 aromatic heterocycles. The Morgan fingerprint density at radius 1 is 0.938 bits per heavy atom. The molecule has 32 heavy (non-hydrogen) atoms. The van der Waals surface area contributed by atoms with Gasteiger partial charge in [-0.05, 0) is 23.5 Å². The van der Waals surface area contributed by atoms with Crippen LogP contribution in [0.2, 0.25) is 0 Å². The molecule has 174 valence electrons. The second-order valence-electron chi connectivity index (χ2n) is 8.02. The summed E-state index contributed by atoms with van der Waals surface area (Å²) >= 11 is 0. The van der Waals surface area contributed by atoms with E-state index in [1.54, 1.807) is 48.5 Å². The molecule has 1 aliphatic heterocycles. The molecule has 1 aliphatic rings. The van der Waals surface area contributed by atoms with Crippen molar-refractivity contribution >= 4 is 23.8 Å². The number of phosphoric ester groups is 1. The summed E-state index contributed by atoms with van der Waals surface area (Å²) in [4.78, 5) is 12.6. The molecule has 1 atom stereocenters. The quantitative estimate of drug-likeness (QED) is 0.440. The summed E-state index contributed by atoms with van der Waals surface area (Å²) in [6, 6.07) is 18.0. The minimum Gasteiger partial charge on any atom is -0.282 e. The minimum absolute atomic E-state index is 0.0659. The predicted octanol–water partition coefficient (Wildman–Crippen LogP) is 4.34. The Morgan fingerprint density at radius 3 is 1.91 bits per heavy atom. The Morgan fingerprint density at radius 2 is 1.44 bits per heavy atom. The summed E-state index contributed by atoms with van der Waals surface area (Å²) in [6.45, 7) is 2.98. The van der Waals surface area contributed by atoms with Gasteiger partial charge in [-0.1, -0.05) is 74.5 Å². The Labute approximate surface area is 189 Å². The fourth-order valence-corrected chi connectivity index (χ4v) is 6.11. The van der Waals surface area contributed by atoms with Crippen LogP contribution >= 0.6 is 7.82 Å². The molecule has 3 rings (SSSR count). The van der Waals surface area contributed by atoms with Gasteiger partial charge in [0, 0.05) is 0 Å². The molecule has 1 fully saturated rings. The lowest BCUT2D eigenvalue weighted by atomic mass is 9.98. The van der Waals surface area contributed by atoms with Gasteiger partial charge >= 0.3 is 7.82 Å². The highest BCUT2D eigenvalue weighted by Crippen LogP contribution is 2.51. The normalized spacial score (nSPS) is 18.4. The van der Waals surface area contributed by atoms with Gasteiger partial charge in [-0.15, -0.1) is 0 Å². The van der Waals surface area contributed by atoms with Gasteiger partial charge in [0.15, 0.2) is 0 Å². The molecule has 0 aliphatic carbocycles. The standard InChI is InChI=1S/C22H28NO7PS/c1-18(2)13-21-16-32(26,27)23(22(21)24)17-30-31(25,28-14-19-9-5-3-6-10-19)29-15-20-11-7-4-8-12-20/h3-12,18,21H,13-17H2,1-2H3. The van der Waals surface area contributed by atoms with Gasteiger partial charge in [0.05, 0.1) is 24.9 Å². The molecule has 0 N–H and O–H groups in total. The number of benzene rings is 2. The van der Waals surface area contributed by atoms with E-state index in [4.69, 9.17) is 13.6 Å². The highest BCUT2D eigenvalue weighted by atomic mass is 32.2. The van der Waals surface area contributed by atoms with Crippen molar-refractivity contribution < 1.29 is 31.3 Å². The molecule has 0 bridgehead atoms. The van der Waals surface area contributed by atoms with Crippen LogP contribution in [0.4, 0.5) is 0 Å². The molecule has 1 amide bonds. The molecule has 2 aromatic rings. The third kappa shape index (κ3) is 6.73. The lowest BCUT2D eigenvalue weighted by Gasteiger charge is -2.21. The first-order chi connectivity index (χ1) is 15.2. The van der Waals surface area contributed by atoms with Crippen molar-refractivity contribution in [1.29, 1.82) is 0 Å². The van der Waals surface area contributed by atoms with Crippen LogP contribution < -0.4 is 0 Å². The first-order valence-electron chi connectivity index (χ1n) is 10.3. The first-order valence-corrected chi connectivity index (χ1v) is 13.4. The summed E-state index contributed by atoms with van der Waals surface area (Å²) < 4.78 is 55.2. The van der Waals surface area contributed by atoms with Gasteiger partial charge in [-0.3, -0.25) is 18.4 Å². The minimum atomic E-state index is -4.19. The molecule has 1 saturated heterocycles. The SMILES string of the molecule is CC(C)CC1CS(=O)(=O)N(COP(=O)(OCc2ccccc2)OCc2ccccc2)C1=O. The van der Waals surface area contributed by atoms with Crippen molar-refractivity contribution in [1.82, 2.24) is 4.31 Å². The molecule has 1 heterocycles.